The molecule has 34 heavy (non-hydrogen) atoms. The number of hydrogen-bond donors (Lipinski definition) is 1. The van der Waals surface area contributed by atoms with Crippen LogP contribution in [-0.2, 0) is 16.2 Å². The van der Waals surface area contributed by atoms with Crippen LogP contribution < -0.4 is 9.46 Å². The van der Waals surface area contributed by atoms with Crippen molar-refractivity contribution in [1.82, 2.24) is 19.7 Å². The number of nitrogens with one attached hydrogen (secondary N) is 1. The summed E-state index contributed by atoms with van der Waals surface area (Å²) in [6.45, 7) is 1.29. The Kier molecular flexibility index (Phi) is 6.54. The molecule has 0 aliphatic heterocycles. The molecule has 3 rings (SSSR count). The fourth-order valence-corrected chi connectivity index (χ4v) is 3.89. The summed E-state index contributed by atoms with van der Waals surface area (Å²) in [5, 5.41) is 6.82. The molecule has 0 saturated heterocycles. The monoisotopic (exact) mass is 528 g/mol. The van der Waals surface area contributed by atoms with E-state index in [1.807, 2.05) is 0 Å². The van der Waals surface area contributed by atoms with Gasteiger partial charge >= 0.3 is 12.5 Å². The first-order valence-electron chi connectivity index (χ1n) is 8.81. The average Bonchev–Trinajstić information content (AvgIpc) is 3.07. The molecule has 182 valence electrons. The fourth-order valence-electron chi connectivity index (χ4n) is 2.67. The van der Waals surface area contributed by atoms with Gasteiger partial charge in [0.2, 0.25) is 0 Å². The van der Waals surface area contributed by atoms with Gasteiger partial charge in [0.15, 0.2) is 5.69 Å². The highest BCUT2D eigenvalue weighted by Crippen LogP contribution is 2.33. The Morgan fingerprint density at radius 2 is 1.68 bits per heavy atom. The standard InChI is InChI=1S/C18H11ClF6N4O4S/c1-9-15(26-28-29(9)14-7-2-10(8-13(14)19)17(20,21)22)16(30)27-34(31,32)12-5-3-11(4-6-12)33-18(23,24)25/h2-8H,1H3,(H,27,30). The first-order valence-corrected chi connectivity index (χ1v) is 10.7. The van der Waals surface area contributed by atoms with Gasteiger partial charge in [-0.1, -0.05) is 16.8 Å². The third kappa shape index (κ3) is 5.59. The first-order chi connectivity index (χ1) is 15.6. The van der Waals surface area contributed by atoms with Gasteiger partial charge in [0.05, 0.1) is 26.9 Å². The Hall–Kier alpha value is -3.33. The van der Waals surface area contributed by atoms with Crippen LogP contribution in [0.25, 0.3) is 5.69 Å². The molecule has 1 N–H and O–H groups in total. The van der Waals surface area contributed by atoms with Gasteiger partial charge in [-0.15, -0.1) is 18.3 Å². The van der Waals surface area contributed by atoms with Crippen molar-refractivity contribution in [3.8, 4) is 11.4 Å². The zero-order valence-corrected chi connectivity index (χ0v) is 18.1. The van der Waals surface area contributed by atoms with Crippen molar-refractivity contribution in [3.63, 3.8) is 0 Å². The summed E-state index contributed by atoms with van der Waals surface area (Å²) in [7, 11) is -4.53. The Labute approximate surface area is 192 Å². The van der Waals surface area contributed by atoms with Crippen molar-refractivity contribution >= 4 is 27.5 Å². The average molecular weight is 529 g/mol. The van der Waals surface area contributed by atoms with Crippen LogP contribution in [0.2, 0.25) is 5.02 Å². The summed E-state index contributed by atoms with van der Waals surface area (Å²) in [5.74, 6) is -1.92. The smallest absolute Gasteiger partial charge is 0.406 e. The number of hydrogen-bond acceptors (Lipinski definition) is 6. The molecule has 1 aromatic heterocycles. The molecular formula is C18H11ClF6N4O4S. The third-order valence-corrected chi connectivity index (χ3v) is 5.86. The van der Waals surface area contributed by atoms with Crippen LogP contribution in [0.4, 0.5) is 26.3 Å². The SMILES string of the molecule is Cc1c(C(=O)NS(=O)(=O)c2ccc(OC(F)(F)F)cc2)nnn1-c1ccc(C(F)(F)F)cc1Cl. The molecule has 0 fully saturated rings. The van der Waals surface area contributed by atoms with Crippen LogP contribution in [0.1, 0.15) is 21.7 Å². The van der Waals surface area contributed by atoms with Crippen LogP contribution in [0.15, 0.2) is 47.4 Å². The lowest BCUT2D eigenvalue weighted by molar-refractivity contribution is -0.274. The highest BCUT2D eigenvalue weighted by molar-refractivity contribution is 7.90. The van der Waals surface area contributed by atoms with Crippen LogP contribution in [0, 0.1) is 6.92 Å². The van der Waals surface area contributed by atoms with Crippen LogP contribution in [0.3, 0.4) is 0 Å². The number of amides is 1. The van der Waals surface area contributed by atoms with Crippen molar-refractivity contribution < 1.29 is 44.3 Å². The van der Waals surface area contributed by atoms with Gasteiger partial charge in [0.1, 0.15) is 5.75 Å². The number of rotatable bonds is 5. The number of alkyl halides is 6. The minimum absolute atomic E-state index is 0.0525. The Balaban J connectivity index is 1.83. The zero-order chi connectivity index (χ0) is 25.5. The lowest BCUT2D eigenvalue weighted by Crippen LogP contribution is -2.31. The normalized spacial score (nSPS) is 12.5. The highest BCUT2D eigenvalue weighted by atomic mass is 35.5. The van der Waals surface area contributed by atoms with Crippen molar-refractivity contribution in [3.05, 3.63) is 64.4 Å². The van der Waals surface area contributed by atoms with Gasteiger partial charge in [-0.2, -0.15) is 13.2 Å². The second-order valence-electron chi connectivity index (χ2n) is 6.55. The van der Waals surface area contributed by atoms with Crippen molar-refractivity contribution in [1.29, 1.82) is 0 Å². The molecule has 0 unspecified atom stereocenters. The molecule has 2 aromatic carbocycles. The molecule has 0 saturated carbocycles. The van der Waals surface area contributed by atoms with E-state index in [0.29, 0.717) is 6.07 Å². The molecule has 0 aliphatic rings. The maximum atomic E-state index is 12.8. The van der Waals surface area contributed by atoms with E-state index in [2.05, 4.69) is 15.0 Å². The number of ether oxygens (including phenoxy) is 1. The molecule has 0 spiro atoms. The summed E-state index contributed by atoms with van der Waals surface area (Å²) in [6.07, 6.45) is -9.62. The number of aromatic nitrogens is 3. The Bertz CT molecular complexity index is 1340. The quantitative estimate of drug-likeness (QED) is 0.496. The van der Waals surface area contributed by atoms with E-state index in [-0.39, 0.29) is 16.4 Å². The Morgan fingerprint density at radius 3 is 2.21 bits per heavy atom. The van der Waals surface area contributed by atoms with E-state index >= 15 is 0 Å². The van der Waals surface area contributed by atoms with Gasteiger partial charge in [0.25, 0.3) is 15.9 Å². The molecule has 1 heterocycles. The van der Waals surface area contributed by atoms with Gasteiger partial charge in [-0.25, -0.2) is 17.8 Å². The maximum Gasteiger partial charge on any atom is 0.573 e. The summed E-state index contributed by atoms with van der Waals surface area (Å²) in [4.78, 5) is 11.9. The van der Waals surface area contributed by atoms with Gasteiger partial charge in [-0.3, -0.25) is 4.79 Å². The summed E-state index contributed by atoms with van der Waals surface area (Å²) in [6, 6.07) is 5.41. The Morgan fingerprint density at radius 1 is 1.06 bits per heavy atom. The van der Waals surface area contributed by atoms with Gasteiger partial charge in [-0.05, 0) is 49.4 Å². The van der Waals surface area contributed by atoms with Crippen molar-refractivity contribution in [2.75, 3.05) is 0 Å². The van der Waals surface area contributed by atoms with E-state index in [1.54, 1.807) is 4.72 Å². The van der Waals surface area contributed by atoms with Crippen molar-refractivity contribution in [2.24, 2.45) is 0 Å². The van der Waals surface area contributed by atoms with E-state index in [9.17, 15) is 39.6 Å². The number of carbonyl (C=O) groups is 1. The summed E-state index contributed by atoms with van der Waals surface area (Å²) < 4.78 is 106. The molecule has 3 aromatic rings. The molecule has 1 amide bonds. The zero-order valence-electron chi connectivity index (χ0n) is 16.6. The lowest BCUT2D eigenvalue weighted by Gasteiger charge is -2.11. The predicted octanol–water partition coefficient (Wildman–Crippen LogP) is 4.27. The summed E-state index contributed by atoms with van der Waals surface area (Å²) >= 11 is 5.90. The number of benzene rings is 2. The number of nitrogens with zero attached hydrogens (tertiary/aromatic N) is 3. The molecule has 0 radical (unpaired) electrons. The number of halogens is 7. The predicted molar refractivity (Wildman–Crippen MR) is 104 cm³/mol. The van der Waals surface area contributed by atoms with Gasteiger partial charge < -0.3 is 4.74 Å². The van der Waals surface area contributed by atoms with E-state index in [4.69, 9.17) is 11.6 Å². The topological polar surface area (TPSA) is 103 Å². The highest BCUT2D eigenvalue weighted by Gasteiger charge is 2.32. The van der Waals surface area contributed by atoms with Crippen molar-refractivity contribution in [2.45, 2.75) is 24.4 Å². The fraction of sp³-hybridized carbons (Fsp3) is 0.167. The molecule has 0 aliphatic carbocycles. The number of carbonyl (C=O) groups excluding carboxylic acids is 1. The molecule has 0 atom stereocenters. The van der Waals surface area contributed by atoms with Crippen LogP contribution in [-0.4, -0.2) is 35.7 Å². The second kappa shape index (κ2) is 8.79. The molecule has 16 heteroatoms. The minimum Gasteiger partial charge on any atom is -0.406 e. The van der Waals surface area contributed by atoms with Gasteiger partial charge in [0, 0.05) is 0 Å². The largest absolute Gasteiger partial charge is 0.573 e. The van der Waals surface area contributed by atoms with E-state index in [0.717, 1.165) is 41.1 Å². The molecular weight excluding hydrogens is 518 g/mol. The molecule has 0 bridgehead atoms. The van der Waals surface area contributed by atoms with E-state index in [1.165, 1.54) is 6.92 Å². The minimum atomic E-state index is -4.98. The van der Waals surface area contributed by atoms with Crippen LogP contribution >= 0.6 is 11.6 Å². The second-order valence-corrected chi connectivity index (χ2v) is 8.64. The van der Waals surface area contributed by atoms with E-state index < -0.39 is 50.4 Å². The third-order valence-electron chi connectivity index (χ3n) is 4.21. The lowest BCUT2D eigenvalue weighted by atomic mass is 10.2. The first kappa shape index (κ1) is 25.3. The summed E-state index contributed by atoms with van der Waals surface area (Å²) in [5.41, 5.74) is -1.61. The number of sulfonamides is 1. The van der Waals surface area contributed by atoms with Crippen LogP contribution in [0.5, 0.6) is 5.75 Å². The molecule has 8 nitrogen and oxygen atoms in total. The maximum absolute atomic E-state index is 12.8.